The SMILES string of the molecule is Cc1ccc(N2CCc3c(C(N)=O)nn(-c4cccc(Cl)c4)c3C2=O)cc1. The second kappa shape index (κ2) is 6.55. The maximum absolute atomic E-state index is 13.3. The van der Waals surface area contributed by atoms with Crippen molar-refractivity contribution in [2.75, 3.05) is 11.4 Å². The van der Waals surface area contributed by atoms with E-state index in [9.17, 15) is 9.59 Å². The highest BCUT2D eigenvalue weighted by Crippen LogP contribution is 2.29. The molecule has 1 aliphatic rings. The van der Waals surface area contributed by atoms with Crippen LogP contribution in [0.25, 0.3) is 5.69 Å². The molecule has 0 spiro atoms. The number of carbonyl (C=O) groups excluding carboxylic acids is 2. The molecular formula is C20H17ClN4O2. The van der Waals surface area contributed by atoms with Crippen LogP contribution in [0.3, 0.4) is 0 Å². The van der Waals surface area contributed by atoms with Gasteiger partial charge >= 0.3 is 0 Å². The fourth-order valence-electron chi connectivity index (χ4n) is 3.32. The van der Waals surface area contributed by atoms with Crippen LogP contribution in [0.15, 0.2) is 48.5 Å². The average molecular weight is 381 g/mol. The van der Waals surface area contributed by atoms with Gasteiger partial charge in [-0.05, 0) is 43.7 Å². The number of aromatic nitrogens is 2. The Morgan fingerprint density at radius 3 is 2.56 bits per heavy atom. The van der Waals surface area contributed by atoms with Gasteiger partial charge in [0, 0.05) is 22.8 Å². The minimum absolute atomic E-state index is 0.127. The predicted molar refractivity (Wildman–Crippen MR) is 104 cm³/mol. The highest BCUT2D eigenvalue weighted by Gasteiger charge is 2.34. The third-order valence-corrected chi connectivity index (χ3v) is 4.88. The van der Waals surface area contributed by atoms with Crippen LogP contribution < -0.4 is 10.6 Å². The molecule has 27 heavy (non-hydrogen) atoms. The molecule has 0 unspecified atom stereocenters. The van der Waals surface area contributed by atoms with Crippen LogP contribution in [0.4, 0.5) is 5.69 Å². The van der Waals surface area contributed by atoms with Crippen molar-refractivity contribution in [1.82, 2.24) is 9.78 Å². The third kappa shape index (κ3) is 2.98. The fourth-order valence-corrected chi connectivity index (χ4v) is 3.51. The van der Waals surface area contributed by atoms with Gasteiger partial charge in [-0.15, -0.1) is 0 Å². The minimum Gasteiger partial charge on any atom is -0.364 e. The lowest BCUT2D eigenvalue weighted by Gasteiger charge is -2.27. The Labute approximate surface area is 161 Å². The van der Waals surface area contributed by atoms with E-state index in [-0.39, 0.29) is 11.6 Å². The Morgan fingerprint density at radius 1 is 1.15 bits per heavy atom. The highest BCUT2D eigenvalue weighted by molar-refractivity contribution is 6.30. The molecule has 136 valence electrons. The summed E-state index contributed by atoms with van der Waals surface area (Å²) in [7, 11) is 0. The molecule has 0 fully saturated rings. The predicted octanol–water partition coefficient (Wildman–Crippen LogP) is 3.14. The zero-order chi connectivity index (χ0) is 19.1. The topological polar surface area (TPSA) is 81.2 Å². The number of benzene rings is 2. The van der Waals surface area contributed by atoms with E-state index in [1.165, 1.54) is 4.68 Å². The lowest BCUT2D eigenvalue weighted by atomic mass is 10.0. The summed E-state index contributed by atoms with van der Waals surface area (Å²) >= 11 is 6.09. The molecule has 4 rings (SSSR count). The summed E-state index contributed by atoms with van der Waals surface area (Å²) in [6.45, 7) is 2.45. The van der Waals surface area contributed by atoms with Crippen LogP contribution in [0.5, 0.6) is 0 Å². The second-order valence-corrected chi connectivity index (χ2v) is 6.91. The number of aryl methyl sites for hydroxylation is 1. The van der Waals surface area contributed by atoms with E-state index in [1.807, 2.05) is 31.2 Å². The van der Waals surface area contributed by atoms with E-state index in [0.717, 1.165) is 11.3 Å². The maximum atomic E-state index is 13.3. The lowest BCUT2D eigenvalue weighted by Crippen LogP contribution is -2.39. The molecule has 2 N–H and O–H groups in total. The first-order valence-electron chi connectivity index (χ1n) is 8.52. The Bertz CT molecular complexity index is 1060. The zero-order valence-electron chi connectivity index (χ0n) is 14.6. The Kier molecular flexibility index (Phi) is 4.20. The summed E-state index contributed by atoms with van der Waals surface area (Å²) in [5.74, 6) is -0.872. The molecule has 0 radical (unpaired) electrons. The molecule has 1 aromatic heterocycles. The van der Waals surface area contributed by atoms with Crippen molar-refractivity contribution in [1.29, 1.82) is 0 Å². The standard InChI is InChI=1S/C20H17ClN4O2/c1-12-5-7-14(8-6-12)24-10-9-16-17(19(22)26)23-25(18(16)20(24)27)15-4-2-3-13(21)11-15/h2-8,11H,9-10H2,1H3,(H2,22,26). The zero-order valence-corrected chi connectivity index (χ0v) is 15.4. The van der Waals surface area contributed by atoms with Crippen molar-refractivity contribution >= 4 is 29.1 Å². The van der Waals surface area contributed by atoms with Crippen LogP contribution in [0.2, 0.25) is 5.02 Å². The van der Waals surface area contributed by atoms with Gasteiger partial charge in [-0.25, -0.2) is 4.68 Å². The van der Waals surface area contributed by atoms with Crippen molar-refractivity contribution in [2.24, 2.45) is 5.73 Å². The van der Waals surface area contributed by atoms with Crippen LogP contribution in [0.1, 0.15) is 32.1 Å². The molecule has 3 aromatic rings. The number of amides is 2. The molecule has 0 aliphatic carbocycles. The molecule has 2 amide bonds. The smallest absolute Gasteiger partial charge is 0.277 e. The number of primary amides is 1. The van der Waals surface area contributed by atoms with Crippen LogP contribution >= 0.6 is 11.6 Å². The summed E-state index contributed by atoms with van der Waals surface area (Å²) < 4.78 is 1.46. The van der Waals surface area contributed by atoms with Gasteiger partial charge in [0.2, 0.25) is 0 Å². The summed E-state index contributed by atoms with van der Waals surface area (Å²) in [5.41, 5.74) is 9.07. The Balaban J connectivity index is 1.86. The second-order valence-electron chi connectivity index (χ2n) is 6.47. The number of carbonyl (C=O) groups is 2. The molecule has 0 atom stereocenters. The summed E-state index contributed by atoms with van der Waals surface area (Å²) in [4.78, 5) is 26.9. The third-order valence-electron chi connectivity index (χ3n) is 4.65. The van der Waals surface area contributed by atoms with Gasteiger partial charge in [-0.1, -0.05) is 35.4 Å². The van der Waals surface area contributed by atoms with Gasteiger partial charge in [-0.2, -0.15) is 5.10 Å². The molecule has 0 saturated carbocycles. The number of nitrogens with zero attached hydrogens (tertiary/aromatic N) is 3. The highest BCUT2D eigenvalue weighted by atomic mass is 35.5. The minimum atomic E-state index is -0.649. The first-order chi connectivity index (χ1) is 13.0. The lowest BCUT2D eigenvalue weighted by molar-refractivity contribution is 0.0972. The van der Waals surface area contributed by atoms with Gasteiger partial charge < -0.3 is 10.6 Å². The van der Waals surface area contributed by atoms with Gasteiger partial charge in [0.25, 0.3) is 11.8 Å². The van der Waals surface area contributed by atoms with E-state index < -0.39 is 5.91 Å². The van der Waals surface area contributed by atoms with Gasteiger partial charge in [-0.3, -0.25) is 9.59 Å². The normalized spacial score (nSPS) is 13.6. The quantitative estimate of drug-likeness (QED) is 0.757. The van der Waals surface area contributed by atoms with E-state index >= 15 is 0 Å². The van der Waals surface area contributed by atoms with Crippen molar-refractivity contribution in [3.05, 3.63) is 76.1 Å². The summed E-state index contributed by atoms with van der Waals surface area (Å²) in [6.07, 6.45) is 0.494. The average Bonchev–Trinajstić information content (AvgIpc) is 3.04. The van der Waals surface area contributed by atoms with Crippen LogP contribution in [-0.4, -0.2) is 28.1 Å². The molecule has 2 aromatic carbocycles. The summed E-state index contributed by atoms with van der Waals surface area (Å²) in [6, 6.07) is 14.7. The maximum Gasteiger partial charge on any atom is 0.277 e. The Hall–Kier alpha value is -3.12. The van der Waals surface area contributed by atoms with Crippen molar-refractivity contribution < 1.29 is 9.59 Å². The first kappa shape index (κ1) is 17.3. The molecule has 0 bridgehead atoms. The fraction of sp³-hybridized carbons (Fsp3) is 0.150. The number of anilines is 1. The van der Waals surface area contributed by atoms with Crippen LogP contribution in [-0.2, 0) is 6.42 Å². The van der Waals surface area contributed by atoms with E-state index in [2.05, 4.69) is 5.10 Å². The number of hydrogen-bond acceptors (Lipinski definition) is 3. The number of rotatable bonds is 3. The van der Waals surface area contributed by atoms with E-state index in [1.54, 1.807) is 29.2 Å². The van der Waals surface area contributed by atoms with Crippen LogP contribution in [0, 0.1) is 6.92 Å². The molecule has 7 heteroatoms. The number of nitrogens with two attached hydrogens (primary N) is 1. The van der Waals surface area contributed by atoms with Gasteiger partial charge in [0.1, 0.15) is 5.69 Å². The molecule has 0 saturated heterocycles. The number of fused-ring (bicyclic) bond motifs is 1. The van der Waals surface area contributed by atoms with Gasteiger partial charge in [0.15, 0.2) is 5.69 Å². The molecule has 6 nitrogen and oxygen atoms in total. The summed E-state index contributed by atoms with van der Waals surface area (Å²) in [5, 5.41) is 4.84. The van der Waals surface area contributed by atoms with E-state index in [0.29, 0.717) is 34.9 Å². The van der Waals surface area contributed by atoms with Crippen molar-refractivity contribution in [3.63, 3.8) is 0 Å². The van der Waals surface area contributed by atoms with Gasteiger partial charge in [0.05, 0.1) is 5.69 Å². The Morgan fingerprint density at radius 2 is 1.89 bits per heavy atom. The largest absolute Gasteiger partial charge is 0.364 e. The monoisotopic (exact) mass is 380 g/mol. The number of halogens is 1. The first-order valence-corrected chi connectivity index (χ1v) is 8.89. The molecule has 2 heterocycles. The van der Waals surface area contributed by atoms with Crippen molar-refractivity contribution in [2.45, 2.75) is 13.3 Å². The van der Waals surface area contributed by atoms with E-state index in [4.69, 9.17) is 17.3 Å². The number of hydrogen-bond donors (Lipinski definition) is 1. The molecule has 1 aliphatic heterocycles. The van der Waals surface area contributed by atoms with Crippen molar-refractivity contribution in [3.8, 4) is 5.69 Å². The molecular weight excluding hydrogens is 364 g/mol.